The molecule has 28 heavy (non-hydrogen) atoms. The number of carbonyl (C=O) groups is 2. The summed E-state index contributed by atoms with van der Waals surface area (Å²) in [5, 5.41) is 0.440. The number of hydrogen-bond donors (Lipinski definition) is 0. The Hall–Kier alpha value is -3.41. The zero-order valence-electron chi connectivity index (χ0n) is 15.0. The lowest BCUT2D eigenvalue weighted by Gasteiger charge is -2.34. The Balaban J connectivity index is 1.43. The van der Waals surface area contributed by atoms with E-state index in [2.05, 4.69) is 0 Å². The summed E-state index contributed by atoms with van der Waals surface area (Å²) in [6.45, 7) is 0.716. The molecule has 140 valence electrons. The molecule has 1 saturated heterocycles. The molecular formula is C22H17NO5. The number of carbonyl (C=O) groups excluding carboxylic acids is 2. The van der Waals surface area contributed by atoms with Crippen molar-refractivity contribution in [3.8, 4) is 5.75 Å². The first-order chi connectivity index (χ1) is 13.5. The Bertz CT molecular complexity index is 1180. The number of ether oxygens (including phenoxy) is 1. The highest BCUT2D eigenvalue weighted by Crippen LogP contribution is 2.38. The van der Waals surface area contributed by atoms with E-state index in [4.69, 9.17) is 9.15 Å². The molecule has 0 radical (unpaired) electrons. The first kappa shape index (κ1) is 16.7. The molecule has 2 aliphatic heterocycles. The van der Waals surface area contributed by atoms with Crippen LogP contribution in [0.25, 0.3) is 11.0 Å². The average molecular weight is 375 g/mol. The van der Waals surface area contributed by atoms with Gasteiger partial charge in [0.15, 0.2) is 17.0 Å². The smallest absolute Gasteiger partial charge is 0.289 e. The zero-order valence-corrected chi connectivity index (χ0v) is 15.0. The van der Waals surface area contributed by atoms with Gasteiger partial charge in [0.25, 0.3) is 5.91 Å². The van der Waals surface area contributed by atoms with Crippen molar-refractivity contribution in [2.24, 2.45) is 0 Å². The SMILES string of the molecule is O=C1C[C@@]2(CCN(C(=O)c3cc(=O)c4ccccc4o3)C2)Oc2ccccc21. The van der Waals surface area contributed by atoms with Gasteiger partial charge in [0.1, 0.15) is 16.9 Å². The van der Waals surface area contributed by atoms with Gasteiger partial charge in [-0.2, -0.15) is 0 Å². The van der Waals surface area contributed by atoms with E-state index in [0.717, 1.165) is 0 Å². The van der Waals surface area contributed by atoms with Crippen molar-refractivity contribution >= 4 is 22.7 Å². The minimum absolute atomic E-state index is 0.00304. The maximum absolute atomic E-state index is 12.9. The molecule has 3 heterocycles. The van der Waals surface area contributed by atoms with Crippen LogP contribution in [0.4, 0.5) is 0 Å². The molecule has 0 bridgehead atoms. The van der Waals surface area contributed by atoms with Crippen LogP contribution < -0.4 is 10.2 Å². The van der Waals surface area contributed by atoms with Gasteiger partial charge < -0.3 is 14.1 Å². The van der Waals surface area contributed by atoms with E-state index in [1.165, 1.54) is 6.07 Å². The standard InChI is InChI=1S/C22H17NO5/c24-16-11-20(27-18-7-3-1-5-14(16)18)21(26)23-10-9-22(13-23)12-17(25)15-6-2-4-8-19(15)28-22/h1-8,11H,9-10,12-13H2/t22-/m1/s1. The third-order valence-electron chi connectivity index (χ3n) is 5.45. The highest BCUT2D eigenvalue weighted by Gasteiger charge is 2.47. The van der Waals surface area contributed by atoms with Gasteiger partial charge in [-0.3, -0.25) is 14.4 Å². The summed E-state index contributed by atoms with van der Waals surface area (Å²) >= 11 is 0. The van der Waals surface area contributed by atoms with Crippen molar-refractivity contribution < 1.29 is 18.7 Å². The number of nitrogens with zero attached hydrogens (tertiary/aromatic N) is 1. The largest absolute Gasteiger partial charge is 0.484 e. The third-order valence-corrected chi connectivity index (χ3v) is 5.45. The Morgan fingerprint density at radius 3 is 2.71 bits per heavy atom. The van der Waals surface area contributed by atoms with E-state index in [0.29, 0.717) is 35.2 Å². The van der Waals surface area contributed by atoms with E-state index in [1.807, 2.05) is 12.1 Å². The molecule has 2 aromatic carbocycles. The molecule has 1 amide bonds. The quantitative estimate of drug-likeness (QED) is 0.653. The van der Waals surface area contributed by atoms with Crippen LogP contribution in [0.1, 0.15) is 33.8 Å². The third kappa shape index (κ3) is 2.60. The van der Waals surface area contributed by atoms with Crippen molar-refractivity contribution in [1.82, 2.24) is 4.90 Å². The lowest BCUT2D eigenvalue weighted by atomic mass is 9.89. The van der Waals surface area contributed by atoms with Gasteiger partial charge in [0.05, 0.1) is 23.9 Å². The van der Waals surface area contributed by atoms with Gasteiger partial charge in [-0.25, -0.2) is 0 Å². The summed E-state index contributed by atoms with van der Waals surface area (Å²) in [7, 11) is 0. The fraction of sp³-hybridized carbons (Fsp3) is 0.227. The molecular weight excluding hydrogens is 358 g/mol. The topological polar surface area (TPSA) is 76.8 Å². The molecule has 5 rings (SSSR count). The molecule has 1 spiro atoms. The summed E-state index contributed by atoms with van der Waals surface area (Å²) < 4.78 is 11.8. The Morgan fingerprint density at radius 2 is 1.82 bits per heavy atom. The predicted molar refractivity (Wildman–Crippen MR) is 102 cm³/mol. The molecule has 0 saturated carbocycles. The Morgan fingerprint density at radius 1 is 1.04 bits per heavy atom. The molecule has 0 N–H and O–H groups in total. The van der Waals surface area contributed by atoms with Crippen LogP contribution in [0.5, 0.6) is 5.75 Å². The number of likely N-dealkylation sites (tertiary alicyclic amines) is 1. The van der Waals surface area contributed by atoms with Crippen LogP contribution in [0.15, 0.2) is 63.8 Å². The second-order valence-corrected chi connectivity index (χ2v) is 7.33. The highest BCUT2D eigenvalue weighted by molar-refractivity contribution is 6.00. The van der Waals surface area contributed by atoms with Gasteiger partial charge in [0, 0.05) is 19.0 Å². The maximum atomic E-state index is 12.9. The van der Waals surface area contributed by atoms with Crippen molar-refractivity contribution in [2.75, 3.05) is 13.1 Å². The molecule has 6 nitrogen and oxygen atoms in total. The molecule has 1 fully saturated rings. The number of rotatable bonds is 1. The summed E-state index contributed by atoms with van der Waals surface area (Å²) in [5.41, 5.74) is -0.0149. The average Bonchev–Trinajstić information content (AvgIpc) is 3.10. The number of amides is 1. The lowest BCUT2D eigenvalue weighted by Crippen LogP contribution is -2.45. The number of benzene rings is 2. The monoisotopic (exact) mass is 375 g/mol. The van der Waals surface area contributed by atoms with Crippen LogP contribution in [-0.4, -0.2) is 35.3 Å². The molecule has 6 heteroatoms. The second kappa shape index (κ2) is 6.05. The van der Waals surface area contributed by atoms with Crippen LogP contribution in [0.2, 0.25) is 0 Å². The molecule has 1 atom stereocenters. The maximum Gasteiger partial charge on any atom is 0.289 e. The number of Topliss-reactive ketones (excluding diaryl/α,β-unsaturated/α-hetero) is 1. The van der Waals surface area contributed by atoms with Crippen molar-refractivity contribution in [3.05, 3.63) is 76.1 Å². The van der Waals surface area contributed by atoms with Gasteiger partial charge in [-0.1, -0.05) is 24.3 Å². The Kier molecular flexibility index (Phi) is 3.62. The first-order valence-electron chi connectivity index (χ1n) is 9.18. The Labute approximate surface area is 160 Å². The lowest BCUT2D eigenvalue weighted by molar-refractivity contribution is 0.0421. The van der Waals surface area contributed by atoms with Crippen LogP contribution in [0.3, 0.4) is 0 Å². The van der Waals surface area contributed by atoms with Crippen LogP contribution in [-0.2, 0) is 0 Å². The van der Waals surface area contributed by atoms with Crippen molar-refractivity contribution in [1.29, 1.82) is 0 Å². The van der Waals surface area contributed by atoms with Crippen LogP contribution in [0, 0.1) is 0 Å². The molecule has 3 aromatic rings. The van der Waals surface area contributed by atoms with Crippen molar-refractivity contribution in [3.63, 3.8) is 0 Å². The molecule has 2 aliphatic rings. The number of hydrogen-bond acceptors (Lipinski definition) is 5. The van der Waals surface area contributed by atoms with Crippen molar-refractivity contribution in [2.45, 2.75) is 18.4 Å². The fourth-order valence-corrected chi connectivity index (χ4v) is 4.05. The van der Waals surface area contributed by atoms with Gasteiger partial charge in [-0.15, -0.1) is 0 Å². The van der Waals surface area contributed by atoms with E-state index in [1.54, 1.807) is 41.3 Å². The second-order valence-electron chi connectivity index (χ2n) is 7.33. The molecule has 0 unspecified atom stereocenters. The molecule has 0 aliphatic carbocycles. The minimum atomic E-state index is -0.724. The number of para-hydroxylation sites is 2. The van der Waals surface area contributed by atoms with E-state index < -0.39 is 5.60 Å². The van der Waals surface area contributed by atoms with Gasteiger partial charge in [0.2, 0.25) is 0 Å². The van der Waals surface area contributed by atoms with Crippen LogP contribution >= 0.6 is 0 Å². The highest BCUT2D eigenvalue weighted by atomic mass is 16.5. The van der Waals surface area contributed by atoms with Gasteiger partial charge >= 0.3 is 0 Å². The number of fused-ring (bicyclic) bond motifs is 2. The van der Waals surface area contributed by atoms with E-state index in [-0.39, 0.29) is 35.8 Å². The summed E-state index contributed by atoms with van der Waals surface area (Å²) in [5.74, 6) is 0.219. The minimum Gasteiger partial charge on any atom is -0.484 e. The summed E-state index contributed by atoms with van der Waals surface area (Å²) in [4.78, 5) is 39.4. The number of ketones is 1. The molecule has 1 aromatic heterocycles. The van der Waals surface area contributed by atoms with Gasteiger partial charge in [-0.05, 0) is 24.3 Å². The first-order valence-corrected chi connectivity index (χ1v) is 9.18. The summed E-state index contributed by atoms with van der Waals surface area (Å²) in [6, 6.07) is 15.2. The zero-order chi connectivity index (χ0) is 19.3. The van der Waals surface area contributed by atoms with E-state index in [9.17, 15) is 14.4 Å². The summed E-state index contributed by atoms with van der Waals surface area (Å²) in [6.07, 6.45) is 0.784. The normalized spacial score (nSPS) is 21.0. The predicted octanol–water partition coefficient (Wildman–Crippen LogP) is 3.04. The van der Waals surface area contributed by atoms with E-state index >= 15 is 0 Å². The fourth-order valence-electron chi connectivity index (χ4n) is 4.05.